The molecule has 0 unspecified atom stereocenters. The molecule has 8 heteroatoms. The van der Waals surface area contributed by atoms with Crippen LogP contribution in [0.25, 0.3) is 0 Å². The molecular formula is C23H23Cl2N3O3. The second kappa shape index (κ2) is 10.4. The average molecular weight is 460 g/mol. The predicted octanol–water partition coefficient (Wildman–Crippen LogP) is 4.78. The topological polar surface area (TPSA) is 58.7 Å². The zero-order valence-electron chi connectivity index (χ0n) is 17.1. The summed E-state index contributed by atoms with van der Waals surface area (Å²) < 4.78 is 7.38. The Morgan fingerprint density at radius 3 is 2.42 bits per heavy atom. The average Bonchev–Trinajstić information content (AvgIpc) is 3.37. The minimum Gasteiger partial charge on any atom is -0.467 e. The van der Waals surface area contributed by atoms with Gasteiger partial charge in [0.15, 0.2) is 0 Å². The second-order valence-electron chi connectivity index (χ2n) is 7.07. The molecule has 3 aromatic rings. The van der Waals surface area contributed by atoms with Gasteiger partial charge in [-0.05, 0) is 42.5 Å². The monoisotopic (exact) mass is 459 g/mol. The molecule has 0 spiro atoms. The van der Waals surface area contributed by atoms with Crippen LogP contribution >= 0.6 is 23.2 Å². The van der Waals surface area contributed by atoms with Crippen LogP contribution in [0.5, 0.6) is 0 Å². The number of aromatic nitrogens is 1. The zero-order chi connectivity index (χ0) is 22.4. The maximum absolute atomic E-state index is 13.3. The Morgan fingerprint density at radius 1 is 1.10 bits per heavy atom. The Hall–Kier alpha value is -2.96. The lowest BCUT2D eigenvalue weighted by Gasteiger charge is -2.27. The van der Waals surface area contributed by atoms with Crippen molar-refractivity contribution in [1.29, 1.82) is 0 Å². The Bertz CT molecular complexity index is 1040. The maximum atomic E-state index is 13.3. The van der Waals surface area contributed by atoms with Crippen molar-refractivity contribution in [3.63, 3.8) is 0 Å². The summed E-state index contributed by atoms with van der Waals surface area (Å²) in [4.78, 5) is 29.4. The first-order chi connectivity index (χ1) is 14.9. The first kappa shape index (κ1) is 22.7. The van der Waals surface area contributed by atoms with Crippen molar-refractivity contribution in [3.8, 4) is 0 Å². The third kappa shape index (κ3) is 6.03. The maximum Gasteiger partial charge on any atom is 0.254 e. The summed E-state index contributed by atoms with van der Waals surface area (Å²) in [5.41, 5.74) is 1.27. The van der Waals surface area contributed by atoms with Crippen molar-refractivity contribution in [2.75, 3.05) is 13.1 Å². The first-order valence-corrected chi connectivity index (χ1v) is 10.4. The summed E-state index contributed by atoms with van der Waals surface area (Å²) in [6.45, 7) is 4.45. The normalized spacial score (nSPS) is 10.7. The van der Waals surface area contributed by atoms with E-state index >= 15 is 0 Å². The van der Waals surface area contributed by atoms with E-state index in [1.165, 1.54) is 17.0 Å². The van der Waals surface area contributed by atoms with E-state index in [2.05, 4.69) is 6.58 Å². The lowest BCUT2D eigenvalue weighted by Crippen LogP contribution is -2.42. The van der Waals surface area contributed by atoms with Crippen LogP contribution in [0.2, 0.25) is 10.0 Å². The van der Waals surface area contributed by atoms with Gasteiger partial charge in [-0.2, -0.15) is 0 Å². The zero-order valence-corrected chi connectivity index (χ0v) is 18.6. The quantitative estimate of drug-likeness (QED) is 0.432. The van der Waals surface area contributed by atoms with Gasteiger partial charge in [-0.1, -0.05) is 29.3 Å². The number of benzene rings is 1. The van der Waals surface area contributed by atoms with E-state index in [0.717, 1.165) is 5.69 Å². The smallest absolute Gasteiger partial charge is 0.254 e. The summed E-state index contributed by atoms with van der Waals surface area (Å²) in [7, 11) is 1.92. The molecule has 0 aliphatic carbocycles. The summed E-state index contributed by atoms with van der Waals surface area (Å²) in [5.74, 6) is 0.0844. The number of hydrogen-bond donors (Lipinski definition) is 0. The highest BCUT2D eigenvalue weighted by Crippen LogP contribution is 2.20. The molecular weight excluding hydrogens is 437 g/mol. The molecule has 0 bridgehead atoms. The van der Waals surface area contributed by atoms with Crippen molar-refractivity contribution < 1.29 is 14.0 Å². The number of rotatable bonds is 9. The van der Waals surface area contributed by atoms with Crippen LogP contribution in [-0.4, -0.2) is 39.3 Å². The number of halogens is 2. The number of aryl methyl sites for hydroxylation is 1. The molecule has 0 saturated carbocycles. The standard InChI is InChI=1S/C23H23Cl2N3O3/c1-3-8-27(23(30)17-11-18(24)13-19(25)12-17)16-22(29)28(15-21-7-5-10-31-21)14-20-6-4-9-26(20)2/h3-7,9-13H,1,8,14-16H2,2H3. The van der Waals surface area contributed by atoms with Crippen LogP contribution in [0, 0.1) is 0 Å². The first-order valence-electron chi connectivity index (χ1n) is 9.64. The summed E-state index contributed by atoms with van der Waals surface area (Å²) in [5, 5.41) is 0.702. The highest BCUT2D eigenvalue weighted by Gasteiger charge is 2.23. The summed E-state index contributed by atoms with van der Waals surface area (Å²) >= 11 is 12.1. The molecule has 162 valence electrons. The molecule has 0 saturated heterocycles. The Kier molecular flexibility index (Phi) is 7.60. The molecule has 0 atom stereocenters. The highest BCUT2D eigenvalue weighted by atomic mass is 35.5. The van der Waals surface area contributed by atoms with Gasteiger partial charge >= 0.3 is 0 Å². The number of hydrogen-bond acceptors (Lipinski definition) is 3. The molecule has 1 aromatic carbocycles. The third-order valence-corrected chi connectivity index (χ3v) is 5.19. The van der Waals surface area contributed by atoms with Crippen LogP contribution < -0.4 is 0 Å². The molecule has 0 N–H and O–H groups in total. The lowest BCUT2D eigenvalue weighted by molar-refractivity contribution is -0.133. The van der Waals surface area contributed by atoms with E-state index in [-0.39, 0.29) is 31.4 Å². The van der Waals surface area contributed by atoms with Gasteiger partial charge in [-0.15, -0.1) is 6.58 Å². The van der Waals surface area contributed by atoms with Crippen LogP contribution in [0.15, 0.2) is 72.0 Å². The third-order valence-electron chi connectivity index (χ3n) is 4.76. The van der Waals surface area contributed by atoms with Crippen molar-refractivity contribution in [2.45, 2.75) is 13.1 Å². The number of carbonyl (C=O) groups excluding carboxylic acids is 2. The van der Waals surface area contributed by atoms with Gasteiger partial charge in [0, 0.05) is 41.1 Å². The molecule has 0 aliphatic rings. The van der Waals surface area contributed by atoms with Crippen molar-refractivity contribution in [1.82, 2.24) is 14.4 Å². The van der Waals surface area contributed by atoms with E-state index in [9.17, 15) is 9.59 Å². The van der Waals surface area contributed by atoms with Gasteiger partial charge in [0.05, 0.1) is 19.4 Å². The molecule has 31 heavy (non-hydrogen) atoms. The number of furan rings is 1. The molecule has 0 fully saturated rings. The van der Waals surface area contributed by atoms with Gasteiger partial charge in [0.1, 0.15) is 12.3 Å². The molecule has 6 nitrogen and oxygen atoms in total. The molecule has 3 rings (SSSR count). The van der Waals surface area contributed by atoms with Crippen LogP contribution in [0.4, 0.5) is 0 Å². The Morgan fingerprint density at radius 2 is 1.84 bits per heavy atom. The van der Waals surface area contributed by atoms with Gasteiger partial charge in [-0.3, -0.25) is 9.59 Å². The minimum atomic E-state index is -0.352. The number of amides is 2. The largest absolute Gasteiger partial charge is 0.467 e. The number of carbonyl (C=O) groups is 2. The van der Waals surface area contributed by atoms with E-state index in [1.54, 1.807) is 29.4 Å². The number of nitrogens with zero attached hydrogens (tertiary/aromatic N) is 3. The van der Waals surface area contributed by atoms with Gasteiger partial charge < -0.3 is 18.8 Å². The predicted molar refractivity (Wildman–Crippen MR) is 121 cm³/mol. The van der Waals surface area contributed by atoms with Crippen molar-refractivity contribution >= 4 is 35.0 Å². The fourth-order valence-corrected chi connectivity index (χ4v) is 3.70. The van der Waals surface area contributed by atoms with E-state index < -0.39 is 0 Å². The van der Waals surface area contributed by atoms with Gasteiger partial charge in [0.25, 0.3) is 5.91 Å². The van der Waals surface area contributed by atoms with E-state index in [0.29, 0.717) is 27.9 Å². The second-order valence-corrected chi connectivity index (χ2v) is 7.94. The van der Waals surface area contributed by atoms with Crippen LogP contribution in [0.3, 0.4) is 0 Å². The minimum absolute atomic E-state index is 0.125. The highest BCUT2D eigenvalue weighted by molar-refractivity contribution is 6.35. The van der Waals surface area contributed by atoms with Crippen LogP contribution in [0.1, 0.15) is 21.8 Å². The fraction of sp³-hybridized carbons (Fsp3) is 0.217. The SMILES string of the molecule is C=CCN(CC(=O)N(Cc1ccco1)Cc1cccn1C)C(=O)c1cc(Cl)cc(Cl)c1. The Labute approximate surface area is 191 Å². The van der Waals surface area contributed by atoms with Crippen molar-refractivity contribution in [3.05, 3.63) is 94.6 Å². The lowest BCUT2D eigenvalue weighted by atomic mass is 10.2. The van der Waals surface area contributed by atoms with E-state index in [1.807, 2.05) is 36.0 Å². The molecule has 0 radical (unpaired) electrons. The fourth-order valence-electron chi connectivity index (χ4n) is 3.18. The van der Waals surface area contributed by atoms with Gasteiger partial charge in [0.2, 0.25) is 5.91 Å². The Balaban J connectivity index is 1.81. The summed E-state index contributed by atoms with van der Waals surface area (Å²) in [6.07, 6.45) is 5.06. The molecule has 0 aliphatic heterocycles. The molecule has 2 amide bonds. The summed E-state index contributed by atoms with van der Waals surface area (Å²) in [6, 6.07) is 12.1. The van der Waals surface area contributed by atoms with E-state index in [4.69, 9.17) is 27.6 Å². The van der Waals surface area contributed by atoms with Crippen LogP contribution in [-0.2, 0) is 24.9 Å². The molecule has 2 heterocycles. The van der Waals surface area contributed by atoms with Crippen molar-refractivity contribution in [2.24, 2.45) is 7.05 Å². The van der Waals surface area contributed by atoms with Gasteiger partial charge in [-0.25, -0.2) is 0 Å². The molecule has 2 aromatic heterocycles.